The van der Waals surface area contributed by atoms with E-state index in [1.807, 2.05) is 6.07 Å². The number of hydrogen-bond acceptors (Lipinski definition) is 7. The van der Waals surface area contributed by atoms with Crippen LogP contribution in [-0.4, -0.2) is 63.7 Å². The van der Waals surface area contributed by atoms with E-state index < -0.39 is 22.0 Å². The van der Waals surface area contributed by atoms with Crippen molar-refractivity contribution in [3.8, 4) is 11.5 Å². The highest BCUT2D eigenvalue weighted by atomic mass is 32.2. The Hall–Kier alpha value is -2.58. The predicted octanol–water partition coefficient (Wildman–Crippen LogP) is 1.55. The number of benzene rings is 2. The summed E-state index contributed by atoms with van der Waals surface area (Å²) in [6.07, 6.45) is -1.05. The van der Waals surface area contributed by atoms with Crippen molar-refractivity contribution < 1.29 is 27.8 Å². The molecule has 0 spiro atoms. The highest BCUT2D eigenvalue weighted by Crippen LogP contribution is 2.29. The minimum Gasteiger partial charge on any atom is -0.493 e. The maximum atomic E-state index is 13.0. The molecule has 1 saturated heterocycles. The van der Waals surface area contributed by atoms with Crippen molar-refractivity contribution in [1.29, 1.82) is 0 Å². The van der Waals surface area contributed by atoms with Gasteiger partial charge in [0, 0.05) is 11.3 Å². The number of ether oxygens (including phenoxy) is 2. The van der Waals surface area contributed by atoms with Crippen LogP contribution in [0.1, 0.15) is 10.4 Å². The second-order valence-electron chi connectivity index (χ2n) is 6.67. The Morgan fingerprint density at radius 3 is 2.32 bits per heavy atom. The third kappa shape index (κ3) is 4.28. The van der Waals surface area contributed by atoms with E-state index >= 15 is 0 Å². The zero-order chi connectivity index (χ0) is 20.3. The molecule has 0 saturated carbocycles. The number of aliphatic hydroxyl groups is 1. The minimum absolute atomic E-state index is 0.0727. The van der Waals surface area contributed by atoms with Crippen LogP contribution in [0, 0.1) is 0 Å². The zero-order valence-corrected chi connectivity index (χ0v) is 16.6. The Morgan fingerprint density at radius 2 is 1.75 bits per heavy atom. The molecule has 0 radical (unpaired) electrons. The molecule has 0 aromatic heterocycles. The number of Topliss-reactive ketones (excluding diaryl/α,β-unsaturated/α-hetero) is 1. The standard InChI is InChI=1S/C20H23NO6S/c1-26-19-9-8-14(10-20(19)27-2)17(22)11-21(15-6-4-3-5-7-15)16-12-28(24,25)13-18(16)23/h3-10,16,18,23H,11-13H2,1-2H3/t16-,18+/m0/s1. The lowest BCUT2D eigenvalue weighted by Crippen LogP contribution is -2.46. The van der Waals surface area contributed by atoms with Crippen LogP contribution >= 0.6 is 0 Å². The maximum absolute atomic E-state index is 13.0. The van der Waals surface area contributed by atoms with Gasteiger partial charge in [-0.3, -0.25) is 4.79 Å². The summed E-state index contributed by atoms with van der Waals surface area (Å²) in [5, 5.41) is 10.3. The molecule has 28 heavy (non-hydrogen) atoms. The Morgan fingerprint density at radius 1 is 1.07 bits per heavy atom. The van der Waals surface area contributed by atoms with Gasteiger partial charge in [0.05, 0.1) is 44.4 Å². The molecular weight excluding hydrogens is 382 g/mol. The average Bonchev–Trinajstić information content (AvgIpc) is 2.97. The average molecular weight is 405 g/mol. The summed E-state index contributed by atoms with van der Waals surface area (Å²) in [4.78, 5) is 14.6. The van der Waals surface area contributed by atoms with E-state index in [0.717, 1.165) is 0 Å². The number of carbonyl (C=O) groups is 1. The van der Waals surface area contributed by atoms with E-state index in [2.05, 4.69) is 0 Å². The number of rotatable bonds is 7. The molecule has 150 valence electrons. The van der Waals surface area contributed by atoms with Gasteiger partial charge < -0.3 is 19.5 Å². The van der Waals surface area contributed by atoms with Crippen LogP contribution < -0.4 is 14.4 Å². The van der Waals surface area contributed by atoms with E-state index in [0.29, 0.717) is 22.7 Å². The van der Waals surface area contributed by atoms with Gasteiger partial charge >= 0.3 is 0 Å². The molecule has 1 aliphatic rings. The van der Waals surface area contributed by atoms with Gasteiger partial charge in [-0.25, -0.2) is 8.42 Å². The fourth-order valence-electron chi connectivity index (χ4n) is 3.38. The Kier molecular flexibility index (Phi) is 5.90. The number of carbonyl (C=O) groups excluding carboxylic acids is 1. The van der Waals surface area contributed by atoms with E-state index in [1.165, 1.54) is 14.2 Å². The number of sulfone groups is 1. The van der Waals surface area contributed by atoms with E-state index in [9.17, 15) is 18.3 Å². The molecule has 1 aliphatic heterocycles. The summed E-state index contributed by atoms with van der Waals surface area (Å²) < 4.78 is 34.4. The molecule has 3 rings (SSSR count). The summed E-state index contributed by atoms with van der Waals surface area (Å²) in [5.74, 6) is 0.231. The topological polar surface area (TPSA) is 93.1 Å². The van der Waals surface area contributed by atoms with E-state index in [-0.39, 0.29) is 23.8 Å². The van der Waals surface area contributed by atoms with Crippen molar-refractivity contribution in [3.63, 3.8) is 0 Å². The number of methoxy groups -OCH3 is 2. The Balaban J connectivity index is 1.91. The van der Waals surface area contributed by atoms with Gasteiger partial charge in [0.2, 0.25) is 0 Å². The highest BCUT2D eigenvalue weighted by Gasteiger charge is 2.40. The summed E-state index contributed by atoms with van der Waals surface area (Å²) in [7, 11) is -0.357. The molecule has 0 aliphatic carbocycles. The first-order valence-corrected chi connectivity index (χ1v) is 10.6. The molecule has 7 nitrogen and oxygen atoms in total. The molecule has 0 bridgehead atoms. The van der Waals surface area contributed by atoms with Crippen molar-refractivity contribution in [2.45, 2.75) is 12.1 Å². The van der Waals surface area contributed by atoms with Gasteiger partial charge in [-0.05, 0) is 30.3 Å². The number of para-hydroxylation sites is 1. The smallest absolute Gasteiger partial charge is 0.182 e. The van der Waals surface area contributed by atoms with Gasteiger partial charge in [0.1, 0.15) is 0 Å². The monoisotopic (exact) mass is 405 g/mol. The molecule has 1 fully saturated rings. The highest BCUT2D eigenvalue weighted by molar-refractivity contribution is 7.91. The normalized spacial score (nSPS) is 20.5. The first-order valence-electron chi connectivity index (χ1n) is 8.80. The van der Waals surface area contributed by atoms with Crippen molar-refractivity contribution in [2.24, 2.45) is 0 Å². The maximum Gasteiger partial charge on any atom is 0.182 e. The minimum atomic E-state index is -3.36. The summed E-state index contributed by atoms with van der Waals surface area (Å²) in [6.45, 7) is -0.0727. The summed E-state index contributed by atoms with van der Waals surface area (Å²) in [5.41, 5.74) is 1.09. The summed E-state index contributed by atoms with van der Waals surface area (Å²) in [6, 6.07) is 13.2. The van der Waals surface area contributed by atoms with Gasteiger partial charge in [0.25, 0.3) is 0 Å². The van der Waals surface area contributed by atoms with Gasteiger partial charge in [-0.1, -0.05) is 18.2 Å². The molecule has 0 unspecified atom stereocenters. The number of nitrogens with zero attached hydrogens (tertiary/aromatic N) is 1. The lowest BCUT2D eigenvalue weighted by Gasteiger charge is -2.31. The number of anilines is 1. The Bertz CT molecular complexity index is 944. The van der Waals surface area contributed by atoms with Crippen LogP contribution in [0.5, 0.6) is 11.5 Å². The first-order chi connectivity index (χ1) is 13.3. The van der Waals surface area contributed by atoms with Gasteiger partial charge in [-0.15, -0.1) is 0 Å². The van der Waals surface area contributed by atoms with Crippen LogP contribution in [0.25, 0.3) is 0 Å². The summed E-state index contributed by atoms with van der Waals surface area (Å²) >= 11 is 0. The predicted molar refractivity (Wildman–Crippen MR) is 106 cm³/mol. The van der Waals surface area contributed by atoms with Crippen LogP contribution in [-0.2, 0) is 9.84 Å². The van der Waals surface area contributed by atoms with E-state index in [1.54, 1.807) is 47.4 Å². The van der Waals surface area contributed by atoms with E-state index in [4.69, 9.17) is 9.47 Å². The van der Waals surface area contributed by atoms with Crippen molar-refractivity contribution in [2.75, 3.05) is 37.2 Å². The fraction of sp³-hybridized carbons (Fsp3) is 0.350. The zero-order valence-electron chi connectivity index (χ0n) is 15.7. The fourth-order valence-corrected chi connectivity index (χ4v) is 5.18. The second kappa shape index (κ2) is 8.20. The SMILES string of the molecule is COc1ccc(C(=O)CN(c2ccccc2)[C@H]2CS(=O)(=O)C[C@H]2O)cc1OC. The van der Waals surface area contributed by atoms with Gasteiger partial charge in [0.15, 0.2) is 27.1 Å². The third-order valence-corrected chi connectivity index (χ3v) is 6.50. The Labute approximate surface area is 164 Å². The molecule has 1 N–H and O–H groups in total. The van der Waals surface area contributed by atoms with Crippen LogP contribution in [0.3, 0.4) is 0 Å². The second-order valence-corrected chi connectivity index (χ2v) is 8.82. The molecule has 8 heteroatoms. The molecule has 2 atom stereocenters. The quantitative estimate of drug-likeness (QED) is 0.699. The first kappa shape index (κ1) is 20.2. The molecular formula is C20H23NO6S. The number of ketones is 1. The van der Waals surface area contributed by atoms with Crippen LogP contribution in [0.4, 0.5) is 5.69 Å². The van der Waals surface area contributed by atoms with Crippen molar-refractivity contribution in [3.05, 3.63) is 54.1 Å². The number of aliphatic hydroxyl groups excluding tert-OH is 1. The third-order valence-electron chi connectivity index (χ3n) is 4.80. The molecule has 0 amide bonds. The number of hydrogen-bond donors (Lipinski definition) is 1. The molecule has 2 aromatic carbocycles. The molecule has 2 aromatic rings. The van der Waals surface area contributed by atoms with Crippen LogP contribution in [0.2, 0.25) is 0 Å². The van der Waals surface area contributed by atoms with Crippen LogP contribution in [0.15, 0.2) is 48.5 Å². The van der Waals surface area contributed by atoms with Gasteiger partial charge in [-0.2, -0.15) is 0 Å². The lowest BCUT2D eigenvalue weighted by molar-refractivity contribution is 0.0990. The lowest BCUT2D eigenvalue weighted by atomic mass is 10.1. The van der Waals surface area contributed by atoms with Crippen molar-refractivity contribution in [1.82, 2.24) is 0 Å². The van der Waals surface area contributed by atoms with Crippen molar-refractivity contribution >= 4 is 21.3 Å². The molecule has 1 heterocycles. The largest absolute Gasteiger partial charge is 0.493 e.